The molecule has 0 bridgehead atoms. The van der Waals surface area contributed by atoms with E-state index in [1.165, 1.54) is 11.6 Å². The van der Waals surface area contributed by atoms with Gasteiger partial charge in [-0.3, -0.25) is 0 Å². The van der Waals surface area contributed by atoms with E-state index in [0.29, 0.717) is 5.69 Å². The highest BCUT2D eigenvalue weighted by molar-refractivity contribution is 5.90. The summed E-state index contributed by atoms with van der Waals surface area (Å²) < 4.78 is 0. The van der Waals surface area contributed by atoms with Gasteiger partial charge in [0.1, 0.15) is 5.75 Å². The van der Waals surface area contributed by atoms with Crippen LogP contribution in [-0.2, 0) is 0 Å². The molecule has 0 unspecified atom stereocenters. The molecule has 0 heterocycles. The number of phenolic OH excluding ortho intramolecular Hbond substituents is 1. The van der Waals surface area contributed by atoms with Crippen LogP contribution in [0.2, 0.25) is 0 Å². The van der Waals surface area contributed by atoms with Crippen molar-refractivity contribution in [1.82, 2.24) is 5.32 Å². The van der Waals surface area contributed by atoms with Crippen molar-refractivity contribution in [2.45, 2.75) is 6.92 Å². The van der Waals surface area contributed by atoms with Gasteiger partial charge in [-0.1, -0.05) is 35.9 Å². The van der Waals surface area contributed by atoms with Crippen LogP contribution in [0, 0.1) is 6.92 Å². The molecule has 0 saturated heterocycles. The van der Waals surface area contributed by atoms with Crippen molar-refractivity contribution in [2.24, 2.45) is 0 Å². The minimum absolute atomic E-state index is 0.109. The van der Waals surface area contributed by atoms with Crippen LogP contribution >= 0.6 is 0 Å². The maximum atomic E-state index is 11.6. The molecule has 2 aromatic carbocycles. The summed E-state index contributed by atoms with van der Waals surface area (Å²) in [7, 11) is 0. The van der Waals surface area contributed by atoms with E-state index in [9.17, 15) is 9.90 Å². The maximum absolute atomic E-state index is 11.6. The Labute approximate surface area is 117 Å². The number of hydrogen-bond donors (Lipinski definition) is 3. The normalized spacial score (nSPS) is 10.4. The number of amides is 2. The highest BCUT2D eigenvalue weighted by atomic mass is 16.3. The number of aryl methyl sites for hydroxylation is 1. The molecular weight excluding hydrogens is 252 g/mol. The Bertz CT molecular complexity index is 619. The minimum Gasteiger partial charge on any atom is -0.508 e. The van der Waals surface area contributed by atoms with E-state index in [0.717, 1.165) is 5.56 Å². The first-order valence-corrected chi connectivity index (χ1v) is 6.23. The second-order valence-electron chi connectivity index (χ2n) is 4.39. The van der Waals surface area contributed by atoms with Gasteiger partial charge < -0.3 is 15.7 Å². The Morgan fingerprint density at radius 1 is 1.15 bits per heavy atom. The van der Waals surface area contributed by atoms with Gasteiger partial charge in [0, 0.05) is 18.0 Å². The average Bonchev–Trinajstić information content (AvgIpc) is 2.41. The molecule has 2 aromatic rings. The van der Waals surface area contributed by atoms with E-state index < -0.39 is 0 Å². The second kappa shape index (κ2) is 6.43. The zero-order valence-corrected chi connectivity index (χ0v) is 11.1. The van der Waals surface area contributed by atoms with Crippen LogP contribution in [0.15, 0.2) is 54.7 Å². The van der Waals surface area contributed by atoms with Gasteiger partial charge in [-0.2, -0.15) is 0 Å². The van der Waals surface area contributed by atoms with Gasteiger partial charge in [0.25, 0.3) is 0 Å². The third-order valence-electron chi connectivity index (χ3n) is 2.67. The molecule has 0 aromatic heterocycles. The molecule has 0 aliphatic carbocycles. The SMILES string of the molecule is Cc1ccc(/C=C/NC(=O)Nc2cccc(O)c2)cc1. The van der Waals surface area contributed by atoms with Crippen molar-refractivity contribution in [1.29, 1.82) is 0 Å². The summed E-state index contributed by atoms with van der Waals surface area (Å²) in [6, 6.07) is 14.0. The fourth-order valence-corrected chi connectivity index (χ4v) is 1.64. The van der Waals surface area contributed by atoms with Gasteiger partial charge in [0.15, 0.2) is 0 Å². The molecule has 0 spiro atoms. The molecular formula is C16H16N2O2. The van der Waals surface area contributed by atoms with Crippen molar-refractivity contribution in [3.8, 4) is 5.75 Å². The van der Waals surface area contributed by atoms with Crippen molar-refractivity contribution in [3.63, 3.8) is 0 Å². The standard InChI is InChI=1S/C16H16N2O2/c1-12-5-7-13(8-6-12)9-10-17-16(20)18-14-3-2-4-15(19)11-14/h2-11,19H,1H3,(H2,17,18,20)/b10-9+. The molecule has 0 radical (unpaired) electrons. The van der Waals surface area contributed by atoms with Crippen LogP contribution in [0.1, 0.15) is 11.1 Å². The van der Waals surface area contributed by atoms with Gasteiger partial charge in [0.2, 0.25) is 0 Å². The van der Waals surface area contributed by atoms with Gasteiger partial charge in [0.05, 0.1) is 0 Å². The molecule has 2 amide bonds. The summed E-state index contributed by atoms with van der Waals surface area (Å²) in [5.41, 5.74) is 2.73. The molecule has 20 heavy (non-hydrogen) atoms. The van der Waals surface area contributed by atoms with Gasteiger partial charge in [-0.15, -0.1) is 0 Å². The van der Waals surface area contributed by atoms with E-state index in [4.69, 9.17) is 0 Å². The van der Waals surface area contributed by atoms with Crippen molar-refractivity contribution >= 4 is 17.8 Å². The summed E-state index contributed by atoms with van der Waals surface area (Å²) in [6.45, 7) is 2.02. The summed E-state index contributed by atoms with van der Waals surface area (Å²) in [4.78, 5) is 11.6. The molecule has 0 saturated carbocycles. The molecule has 0 aliphatic heterocycles. The summed E-state index contributed by atoms with van der Waals surface area (Å²) in [5, 5.41) is 14.5. The lowest BCUT2D eigenvalue weighted by Gasteiger charge is -2.04. The minimum atomic E-state index is -0.362. The van der Waals surface area contributed by atoms with Gasteiger partial charge in [-0.05, 0) is 30.7 Å². The van der Waals surface area contributed by atoms with Crippen molar-refractivity contribution < 1.29 is 9.90 Å². The van der Waals surface area contributed by atoms with E-state index >= 15 is 0 Å². The Morgan fingerprint density at radius 2 is 1.90 bits per heavy atom. The van der Waals surface area contributed by atoms with Crippen LogP contribution in [0.4, 0.5) is 10.5 Å². The third kappa shape index (κ3) is 4.17. The predicted octanol–water partition coefficient (Wildman–Crippen LogP) is 3.49. The Morgan fingerprint density at radius 3 is 2.60 bits per heavy atom. The van der Waals surface area contributed by atoms with E-state index in [-0.39, 0.29) is 11.8 Å². The van der Waals surface area contributed by atoms with E-state index in [2.05, 4.69) is 10.6 Å². The molecule has 4 heteroatoms. The topological polar surface area (TPSA) is 61.4 Å². The number of benzene rings is 2. The number of anilines is 1. The first-order chi connectivity index (χ1) is 9.63. The Balaban J connectivity index is 1.87. The largest absolute Gasteiger partial charge is 0.508 e. The van der Waals surface area contributed by atoms with E-state index in [1.54, 1.807) is 24.4 Å². The van der Waals surface area contributed by atoms with E-state index in [1.807, 2.05) is 37.3 Å². The van der Waals surface area contributed by atoms with Crippen LogP contribution in [0.3, 0.4) is 0 Å². The summed E-state index contributed by atoms with van der Waals surface area (Å²) in [5.74, 6) is 0.109. The number of aromatic hydroxyl groups is 1. The summed E-state index contributed by atoms with van der Waals surface area (Å²) in [6.07, 6.45) is 3.38. The lowest BCUT2D eigenvalue weighted by molar-refractivity contribution is 0.255. The Kier molecular flexibility index (Phi) is 4.39. The molecule has 102 valence electrons. The van der Waals surface area contributed by atoms with Crippen molar-refractivity contribution in [2.75, 3.05) is 5.32 Å². The van der Waals surface area contributed by atoms with Gasteiger partial charge in [-0.25, -0.2) is 4.79 Å². The zero-order chi connectivity index (χ0) is 14.4. The Hall–Kier alpha value is -2.75. The lowest BCUT2D eigenvalue weighted by Crippen LogP contribution is -2.23. The molecule has 2 rings (SSSR count). The monoisotopic (exact) mass is 268 g/mol. The highest BCUT2D eigenvalue weighted by Gasteiger charge is 1.99. The quantitative estimate of drug-likeness (QED) is 0.798. The number of carbonyl (C=O) groups is 1. The smallest absolute Gasteiger partial charge is 0.323 e. The van der Waals surface area contributed by atoms with Crippen LogP contribution in [-0.4, -0.2) is 11.1 Å². The van der Waals surface area contributed by atoms with Crippen LogP contribution in [0.25, 0.3) is 6.08 Å². The van der Waals surface area contributed by atoms with Crippen molar-refractivity contribution in [3.05, 3.63) is 65.9 Å². The highest BCUT2D eigenvalue weighted by Crippen LogP contribution is 2.14. The molecule has 3 N–H and O–H groups in total. The fraction of sp³-hybridized carbons (Fsp3) is 0.0625. The predicted molar refractivity (Wildman–Crippen MR) is 80.5 cm³/mol. The number of carbonyl (C=O) groups excluding carboxylic acids is 1. The molecule has 4 nitrogen and oxygen atoms in total. The number of nitrogens with one attached hydrogen (secondary N) is 2. The molecule has 0 atom stereocenters. The third-order valence-corrected chi connectivity index (χ3v) is 2.67. The number of urea groups is 1. The van der Waals surface area contributed by atoms with Gasteiger partial charge >= 0.3 is 6.03 Å². The lowest BCUT2D eigenvalue weighted by atomic mass is 10.1. The maximum Gasteiger partial charge on any atom is 0.323 e. The number of phenols is 1. The number of rotatable bonds is 3. The first-order valence-electron chi connectivity index (χ1n) is 6.23. The average molecular weight is 268 g/mol. The number of hydrogen-bond acceptors (Lipinski definition) is 2. The fourth-order valence-electron chi connectivity index (χ4n) is 1.64. The van der Waals surface area contributed by atoms with Crippen LogP contribution in [0.5, 0.6) is 5.75 Å². The molecule has 0 fully saturated rings. The molecule has 0 aliphatic rings. The zero-order valence-electron chi connectivity index (χ0n) is 11.1. The summed E-state index contributed by atoms with van der Waals surface area (Å²) >= 11 is 0. The van der Waals surface area contributed by atoms with Crippen LogP contribution < -0.4 is 10.6 Å². The second-order valence-corrected chi connectivity index (χ2v) is 4.39. The first kappa shape index (κ1) is 13.7.